The number of likely N-dealkylation sites (tertiary alicyclic amines) is 1. The van der Waals surface area contributed by atoms with Gasteiger partial charge >= 0.3 is 0 Å². The molecule has 21 heavy (non-hydrogen) atoms. The Morgan fingerprint density at radius 2 is 2.00 bits per heavy atom. The number of rotatable bonds is 4. The van der Waals surface area contributed by atoms with Crippen molar-refractivity contribution >= 4 is 5.91 Å². The van der Waals surface area contributed by atoms with E-state index >= 15 is 0 Å². The van der Waals surface area contributed by atoms with Crippen LogP contribution in [0, 0.1) is 5.41 Å². The van der Waals surface area contributed by atoms with Gasteiger partial charge in [0, 0.05) is 19.5 Å². The first-order chi connectivity index (χ1) is 9.94. The predicted octanol–water partition coefficient (Wildman–Crippen LogP) is 3.63. The maximum absolute atomic E-state index is 12.3. The van der Waals surface area contributed by atoms with Gasteiger partial charge in [-0.05, 0) is 23.8 Å². The molecule has 0 aromatic heterocycles. The van der Waals surface area contributed by atoms with E-state index in [-0.39, 0.29) is 17.4 Å². The molecule has 1 fully saturated rings. The summed E-state index contributed by atoms with van der Waals surface area (Å²) in [6.45, 7) is 8.57. The summed E-state index contributed by atoms with van der Waals surface area (Å²) in [5.41, 5.74) is 1.24. The zero-order valence-corrected chi connectivity index (χ0v) is 13.5. The fourth-order valence-corrected chi connectivity index (χ4v) is 2.65. The fourth-order valence-electron chi connectivity index (χ4n) is 2.65. The van der Waals surface area contributed by atoms with E-state index in [1.807, 2.05) is 23.1 Å². The number of nitrogens with zero attached hydrogens (tertiary/aromatic N) is 1. The van der Waals surface area contributed by atoms with Crippen molar-refractivity contribution < 1.29 is 9.53 Å². The van der Waals surface area contributed by atoms with Crippen molar-refractivity contribution in [2.24, 2.45) is 5.41 Å². The second kappa shape index (κ2) is 7.08. The van der Waals surface area contributed by atoms with Gasteiger partial charge in [0.15, 0.2) is 0 Å². The topological polar surface area (TPSA) is 29.5 Å². The molecule has 116 valence electrons. The van der Waals surface area contributed by atoms with Gasteiger partial charge in [-0.25, -0.2) is 0 Å². The van der Waals surface area contributed by atoms with Gasteiger partial charge in [0.25, 0.3) is 0 Å². The molecule has 0 bridgehead atoms. The highest BCUT2D eigenvalue weighted by atomic mass is 16.5. The Bertz CT molecular complexity index is 450. The number of amides is 1. The van der Waals surface area contributed by atoms with E-state index in [9.17, 15) is 4.79 Å². The van der Waals surface area contributed by atoms with Crippen LogP contribution >= 0.6 is 0 Å². The van der Waals surface area contributed by atoms with E-state index in [2.05, 4.69) is 32.9 Å². The summed E-state index contributed by atoms with van der Waals surface area (Å²) in [6.07, 6.45) is 2.86. The molecule has 0 spiro atoms. The SMILES string of the molecule is CC(C)(C)CC(=O)N1CCCC(OCc2ccccc2)C1. The molecular weight excluding hydrogens is 262 g/mol. The molecule has 1 unspecified atom stereocenters. The number of carbonyl (C=O) groups is 1. The lowest BCUT2D eigenvalue weighted by Crippen LogP contribution is -2.44. The maximum Gasteiger partial charge on any atom is 0.223 e. The molecule has 1 atom stereocenters. The number of carbonyl (C=O) groups excluding carboxylic acids is 1. The third-order valence-corrected chi connectivity index (χ3v) is 3.74. The highest BCUT2D eigenvalue weighted by Crippen LogP contribution is 2.22. The monoisotopic (exact) mass is 289 g/mol. The molecule has 1 saturated heterocycles. The van der Waals surface area contributed by atoms with Crippen molar-refractivity contribution in [3.8, 4) is 0 Å². The normalized spacial score (nSPS) is 19.6. The van der Waals surface area contributed by atoms with Gasteiger partial charge in [0.1, 0.15) is 0 Å². The maximum atomic E-state index is 12.3. The molecule has 0 saturated carbocycles. The number of ether oxygens (including phenoxy) is 1. The molecule has 0 aliphatic carbocycles. The van der Waals surface area contributed by atoms with Crippen LogP contribution in [-0.4, -0.2) is 30.0 Å². The van der Waals surface area contributed by atoms with Crippen molar-refractivity contribution in [3.63, 3.8) is 0 Å². The zero-order valence-electron chi connectivity index (χ0n) is 13.5. The second-order valence-corrected chi connectivity index (χ2v) is 7.14. The second-order valence-electron chi connectivity index (χ2n) is 7.14. The number of hydrogen-bond donors (Lipinski definition) is 0. The minimum atomic E-state index is 0.0505. The predicted molar refractivity (Wildman–Crippen MR) is 84.9 cm³/mol. The van der Waals surface area contributed by atoms with E-state index in [1.54, 1.807) is 0 Å². The Morgan fingerprint density at radius 3 is 2.67 bits per heavy atom. The van der Waals surface area contributed by atoms with Crippen LogP contribution in [0.4, 0.5) is 0 Å². The summed E-state index contributed by atoms with van der Waals surface area (Å²) >= 11 is 0. The Labute approximate surface area is 128 Å². The molecule has 1 heterocycles. The van der Waals surface area contributed by atoms with Gasteiger partial charge < -0.3 is 9.64 Å². The van der Waals surface area contributed by atoms with Crippen LogP contribution in [0.5, 0.6) is 0 Å². The summed E-state index contributed by atoms with van der Waals surface area (Å²) in [5, 5.41) is 0. The van der Waals surface area contributed by atoms with Crippen LogP contribution in [0.15, 0.2) is 30.3 Å². The van der Waals surface area contributed by atoms with Crippen molar-refractivity contribution in [2.75, 3.05) is 13.1 Å². The Kier molecular flexibility index (Phi) is 5.40. The summed E-state index contributed by atoms with van der Waals surface area (Å²) in [4.78, 5) is 14.3. The average Bonchev–Trinajstić information content (AvgIpc) is 2.45. The summed E-state index contributed by atoms with van der Waals surface area (Å²) in [5.74, 6) is 0.260. The van der Waals surface area contributed by atoms with Crippen LogP contribution in [-0.2, 0) is 16.1 Å². The van der Waals surface area contributed by atoms with Gasteiger partial charge in [0.2, 0.25) is 5.91 Å². The number of piperidine rings is 1. The van der Waals surface area contributed by atoms with Crippen LogP contribution in [0.1, 0.15) is 45.6 Å². The first kappa shape index (κ1) is 16.0. The van der Waals surface area contributed by atoms with Crippen LogP contribution < -0.4 is 0 Å². The Morgan fingerprint density at radius 1 is 1.29 bits per heavy atom. The van der Waals surface area contributed by atoms with E-state index in [0.29, 0.717) is 13.0 Å². The highest BCUT2D eigenvalue weighted by Gasteiger charge is 2.26. The Balaban J connectivity index is 1.82. The van der Waals surface area contributed by atoms with Gasteiger partial charge in [-0.2, -0.15) is 0 Å². The van der Waals surface area contributed by atoms with E-state index < -0.39 is 0 Å². The van der Waals surface area contributed by atoms with Gasteiger partial charge in [-0.1, -0.05) is 51.1 Å². The lowest BCUT2D eigenvalue weighted by atomic mass is 9.91. The summed E-state index contributed by atoms with van der Waals surface area (Å²) < 4.78 is 5.99. The molecular formula is C18H27NO2. The highest BCUT2D eigenvalue weighted by molar-refractivity contribution is 5.76. The molecule has 1 aromatic carbocycles. The van der Waals surface area contributed by atoms with E-state index in [1.165, 1.54) is 5.56 Å². The molecule has 1 aliphatic heterocycles. The first-order valence-electron chi connectivity index (χ1n) is 7.87. The van der Waals surface area contributed by atoms with Crippen molar-refractivity contribution in [2.45, 2.75) is 52.7 Å². The summed E-state index contributed by atoms with van der Waals surface area (Å²) in [6, 6.07) is 10.2. The minimum absolute atomic E-state index is 0.0505. The number of hydrogen-bond acceptors (Lipinski definition) is 2. The van der Waals surface area contributed by atoms with Crippen LogP contribution in [0.2, 0.25) is 0 Å². The minimum Gasteiger partial charge on any atom is -0.372 e. The van der Waals surface area contributed by atoms with Gasteiger partial charge in [0.05, 0.1) is 12.7 Å². The first-order valence-corrected chi connectivity index (χ1v) is 7.87. The molecule has 2 rings (SSSR count). The zero-order chi connectivity index (χ0) is 15.3. The number of benzene rings is 1. The van der Waals surface area contributed by atoms with Crippen LogP contribution in [0.25, 0.3) is 0 Å². The lowest BCUT2D eigenvalue weighted by molar-refractivity contribution is -0.137. The van der Waals surface area contributed by atoms with Gasteiger partial charge in [-0.3, -0.25) is 4.79 Å². The molecule has 0 N–H and O–H groups in total. The quantitative estimate of drug-likeness (QED) is 0.847. The summed E-state index contributed by atoms with van der Waals surface area (Å²) in [7, 11) is 0. The smallest absolute Gasteiger partial charge is 0.223 e. The molecule has 1 aliphatic rings. The largest absolute Gasteiger partial charge is 0.372 e. The third kappa shape index (κ3) is 5.50. The van der Waals surface area contributed by atoms with Crippen molar-refractivity contribution in [1.82, 2.24) is 4.90 Å². The molecule has 0 radical (unpaired) electrons. The van der Waals surface area contributed by atoms with Gasteiger partial charge in [-0.15, -0.1) is 0 Å². The third-order valence-electron chi connectivity index (χ3n) is 3.74. The van der Waals surface area contributed by atoms with E-state index in [0.717, 1.165) is 25.9 Å². The van der Waals surface area contributed by atoms with Crippen molar-refractivity contribution in [1.29, 1.82) is 0 Å². The average molecular weight is 289 g/mol. The molecule has 3 heteroatoms. The van der Waals surface area contributed by atoms with E-state index in [4.69, 9.17) is 4.74 Å². The Hall–Kier alpha value is -1.35. The van der Waals surface area contributed by atoms with Crippen LogP contribution in [0.3, 0.4) is 0 Å². The van der Waals surface area contributed by atoms with Crippen molar-refractivity contribution in [3.05, 3.63) is 35.9 Å². The molecule has 3 nitrogen and oxygen atoms in total. The lowest BCUT2D eigenvalue weighted by Gasteiger charge is -2.34. The molecule has 1 aromatic rings. The molecule has 1 amide bonds. The standard InChI is InChI=1S/C18H27NO2/c1-18(2,3)12-17(20)19-11-7-10-16(13-19)21-14-15-8-5-4-6-9-15/h4-6,8-9,16H,7,10-14H2,1-3H3. The fraction of sp³-hybridized carbons (Fsp3) is 0.611.